The SMILES string of the molecule is C=CCNC1=NN(C(C)(C)C)C(F)C(=O)N1N. The minimum atomic E-state index is -1.87. The molecule has 6 nitrogen and oxygen atoms in total. The van der Waals surface area contributed by atoms with Crippen LogP contribution in [0.2, 0.25) is 0 Å². The van der Waals surface area contributed by atoms with Crippen molar-refractivity contribution in [2.75, 3.05) is 6.54 Å². The third-order valence-corrected chi connectivity index (χ3v) is 2.18. The van der Waals surface area contributed by atoms with E-state index >= 15 is 0 Å². The zero-order valence-electron chi connectivity index (χ0n) is 10.3. The van der Waals surface area contributed by atoms with Gasteiger partial charge in [0.15, 0.2) is 0 Å². The van der Waals surface area contributed by atoms with Crippen LogP contribution in [0.25, 0.3) is 0 Å². The van der Waals surface area contributed by atoms with Crippen LogP contribution in [0.15, 0.2) is 17.8 Å². The second-order valence-corrected chi connectivity index (χ2v) is 4.65. The lowest BCUT2D eigenvalue weighted by molar-refractivity contribution is -0.147. The number of rotatable bonds is 2. The van der Waals surface area contributed by atoms with Crippen LogP contribution in [-0.2, 0) is 4.79 Å². The lowest BCUT2D eigenvalue weighted by atomic mass is 10.1. The smallest absolute Gasteiger partial charge is 0.300 e. The zero-order chi connectivity index (χ0) is 13.2. The average Bonchev–Trinajstić information content (AvgIpc) is 2.23. The maximum atomic E-state index is 13.8. The Balaban J connectivity index is 3.02. The molecule has 0 spiro atoms. The van der Waals surface area contributed by atoms with Crippen LogP contribution in [-0.4, -0.2) is 40.3 Å². The van der Waals surface area contributed by atoms with Gasteiger partial charge in [-0.05, 0) is 20.8 Å². The lowest BCUT2D eigenvalue weighted by Crippen LogP contribution is -2.62. The molecule has 1 unspecified atom stereocenters. The minimum absolute atomic E-state index is 0.110. The fourth-order valence-electron chi connectivity index (χ4n) is 1.30. The van der Waals surface area contributed by atoms with Crippen molar-refractivity contribution in [3.05, 3.63) is 12.7 Å². The monoisotopic (exact) mass is 243 g/mol. The maximum absolute atomic E-state index is 13.8. The Bertz CT molecular complexity index is 349. The summed E-state index contributed by atoms with van der Waals surface area (Å²) < 4.78 is 13.8. The minimum Gasteiger partial charge on any atom is -0.350 e. The number of guanidine groups is 1. The molecule has 0 fully saturated rings. The predicted molar refractivity (Wildman–Crippen MR) is 63.2 cm³/mol. The normalized spacial score (nSPS) is 21.4. The molecule has 1 amide bonds. The Hall–Kier alpha value is -1.63. The van der Waals surface area contributed by atoms with Gasteiger partial charge in [-0.3, -0.25) is 4.79 Å². The number of hydrogen-bond acceptors (Lipinski definition) is 5. The zero-order valence-corrected chi connectivity index (χ0v) is 10.3. The van der Waals surface area contributed by atoms with Gasteiger partial charge in [-0.1, -0.05) is 6.08 Å². The average molecular weight is 243 g/mol. The molecule has 0 saturated carbocycles. The van der Waals surface area contributed by atoms with Crippen molar-refractivity contribution < 1.29 is 9.18 Å². The first-order valence-corrected chi connectivity index (χ1v) is 5.24. The summed E-state index contributed by atoms with van der Waals surface area (Å²) >= 11 is 0. The summed E-state index contributed by atoms with van der Waals surface area (Å²) in [7, 11) is 0. The van der Waals surface area contributed by atoms with Crippen molar-refractivity contribution in [2.45, 2.75) is 32.6 Å². The van der Waals surface area contributed by atoms with E-state index in [9.17, 15) is 9.18 Å². The molecule has 17 heavy (non-hydrogen) atoms. The first kappa shape index (κ1) is 13.4. The third kappa shape index (κ3) is 2.73. The molecule has 0 aromatic carbocycles. The van der Waals surface area contributed by atoms with E-state index in [4.69, 9.17) is 5.84 Å². The van der Waals surface area contributed by atoms with Crippen molar-refractivity contribution in [2.24, 2.45) is 10.9 Å². The molecule has 0 saturated heterocycles. The number of hydrogen-bond donors (Lipinski definition) is 2. The van der Waals surface area contributed by atoms with Gasteiger partial charge in [-0.25, -0.2) is 20.3 Å². The van der Waals surface area contributed by atoms with Crippen molar-refractivity contribution in [1.29, 1.82) is 0 Å². The number of amides is 1. The van der Waals surface area contributed by atoms with Gasteiger partial charge >= 0.3 is 5.91 Å². The van der Waals surface area contributed by atoms with Crippen LogP contribution < -0.4 is 11.2 Å². The molecule has 0 aliphatic carbocycles. The number of nitrogens with one attached hydrogen (secondary N) is 1. The van der Waals surface area contributed by atoms with Crippen molar-refractivity contribution >= 4 is 11.9 Å². The fraction of sp³-hybridized carbons (Fsp3) is 0.600. The summed E-state index contributed by atoms with van der Waals surface area (Å²) in [5.74, 6) is 4.71. The third-order valence-electron chi connectivity index (χ3n) is 2.18. The number of halogens is 1. The highest BCUT2D eigenvalue weighted by Crippen LogP contribution is 2.22. The van der Waals surface area contributed by atoms with E-state index in [-0.39, 0.29) is 5.96 Å². The molecule has 0 bridgehead atoms. The van der Waals surface area contributed by atoms with E-state index in [0.717, 1.165) is 5.01 Å². The van der Waals surface area contributed by atoms with Crippen LogP contribution in [0.3, 0.4) is 0 Å². The van der Waals surface area contributed by atoms with Crippen molar-refractivity contribution in [1.82, 2.24) is 15.3 Å². The Morgan fingerprint density at radius 1 is 1.65 bits per heavy atom. The summed E-state index contributed by atoms with van der Waals surface area (Å²) in [6.07, 6.45) is -0.279. The van der Waals surface area contributed by atoms with Gasteiger partial charge in [-0.15, -0.1) is 11.7 Å². The molecule has 96 valence electrons. The van der Waals surface area contributed by atoms with Gasteiger partial charge in [0, 0.05) is 6.54 Å². The molecule has 1 rings (SSSR count). The molecule has 0 radical (unpaired) electrons. The van der Waals surface area contributed by atoms with Crippen molar-refractivity contribution in [3.8, 4) is 0 Å². The molecule has 1 aliphatic rings. The predicted octanol–water partition coefficient (Wildman–Crippen LogP) is 0.145. The Morgan fingerprint density at radius 3 is 2.71 bits per heavy atom. The van der Waals surface area contributed by atoms with Gasteiger partial charge in [0.2, 0.25) is 5.96 Å². The summed E-state index contributed by atoms with van der Waals surface area (Å²) in [5.41, 5.74) is -0.614. The lowest BCUT2D eigenvalue weighted by Gasteiger charge is -2.39. The number of carbonyl (C=O) groups is 1. The number of nitrogens with two attached hydrogens (primary N) is 1. The second-order valence-electron chi connectivity index (χ2n) is 4.65. The van der Waals surface area contributed by atoms with Crippen LogP contribution in [0, 0.1) is 0 Å². The highest BCUT2D eigenvalue weighted by molar-refractivity contribution is 5.99. The number of hydrazone groups is 1. The summed E-state index contributed by atoms with van der Waals surface area (Å²) in [6.45, 7) is 9.18. The van der Waals surface area contributed by atoms with Crippen LogP contribution in [0.1, 0.15) is 20.8 Å². The molecule has 3 N–H and O–H groups in total. The van der Waals surface area contributed by atoms with E-state index in [1.165, 1.54) is 0 Å². The molecule has 7 heteroatoms. The molecular formula is C10H18FN5O. The first-order chi connectivity index (χ1) is 7.79. The largest absolute Gasteiger partial charge is 0.350 e. The molecule has 1 atom stereocenters. The van der Waals surface area contributed by atoms with E-state index in [1.54, 1.807) is 26.8 Å². The molecule has 1 aliphatic heterocycles. The first-order valence-electron chi connectivity index (χ1n) is 5.24. The number of hydrazine groups is 1. The number of carbonyl (C=O) groups excluding carboxylic acids is 1. The van der Waals surface area contributed by atoms with Crippen LogP contribution >= 0.6 is 0 Å². The van der Waals surface area contributed by atoms with Gasteiger partial charge < -0.3 is 5.32 Å². The highest BCUT2D eigenvalue weighted by atomic mass is 19.1. The maximum Gasteiger partial charge on any atom is 0.300 e. The second kappa shape index (κ2) is 4.70. The van der Waals surface area contributed by atoms with Gasteiger partial charge in [0.25, 0.3) is 6.30 Å². The summed E-state index contributed by atoms with van der Waals surface area (Å²) in [5, 5.41) is 8.54. The standard InChI is InChI=1S/C10H18FN5O/c1-5-6-13-9-14-16(10(2,3)4)7(11)8(17)15(9)12/h5,7H,1,6,12H2,2-4H3,(H,13,14). The molecule has 0 aromatic rings. The summed E-state index contributed by atoms with van der Waals surface area (Å²) in [6, 6.07) is 0. The van der Waals surface area contributed by atoms with E-state index in [1.807, 2.05) is 0 Å². The van der Waals surface area contributed by atoms with E-state index in [0.29, 0.717) is 11.6 Å². The van der Waals surface area contributed by atoms with E-state index in [2.05, 4.69) is 17.0 Å². The quantitative estimate of drug-likeness (QED) is 0.313. The Labute approximate surface area is 99.9 Å². The van der Waals surface area contributed by atoms with E-state index < -0.39 is 17.7 Å². The Kier molecular flexibility index (Phi) is 3.72. The summed E-state index contributed by atoms with van der Waals surface area (Å²) in [4.78, 5) is 11.6. The fourth-order valence-corrected chi connectivity index (χ4v) is 1.30. The van der Waals surface area contributed by atoms with Crippen LogP contribution in [0.5, 0.6) is 0 Å². The highest BCUT2D eigenvalue weighted by Gasteiger charge is 2.40. The van der Waals surface area contributed by atoms with Gasteiger partial charge in [0.1, 0.15) is 0 Å². The van der Waals surface area contributed by atoms with Gasteiger partial charge in [0.05, 0.1) is 5.54 Å². The molecular weight excluding hydrogens is 225 g/mol. The number of alkyl halides is 1. The Morgan fingerprint density at radius 2 is 2.24 bits per heavy atom. The molecule has 1 heterocycles. The van der Waals surface area contributed by atoms with Crippen molar-refractivity contribution in [3.63, 3.8) is 0 Å². The molecule has 0 aromatic heterocycles. The van der Waals surface area contributed by atoms with Crippen LogP contribution in [0.4, 0.5) is 4.39 Å². The topological polar surface area (TPSA) is 74.0 Å². The van der Waals surface area contributed by atoms with Gasteiger partial charge in [-0.2, -0.15) is 0 Å². The number of nitrogens with zero attached hydrogens (tertiary/aromatic N) is 3.